The van der Waals surface area contributed by atoms with Crippen LogP contribution in [-0.2, 0) is 4.79 Å². The van der Waals surface area contributed by atoms with Gasteiger partial charge in [0.1, 0.15) is 0 Å². The van der Waals surface area contributed by atoms with Crippen molar-refractivity contribution in [3.05, 3.63) is 29.3 Å². The second-order valence-electron chi connectivity index (χ2n) is 5.95. The summed E-state index contributed by atoms with van der Waals surface area (Å²) >= 11 is 0. The molecule has 0 atom stereocenters. The molecular weight excluding hydrogens is 262 g/mol. The van der Waals surface area contributed by atoms with Crippen LogP contribution in [0.25, 0.3) is 0 Å². The van der Waals surface area contributed by atoms with E-state index in [4.69, 9.17) is 0 Å². The Hall–Kier alpha value is -1.39. The van der Waals surface area contributed by atoms with Gasteiger partial charge in [-0.25, -0.2) is 0 Å². The van der Waals surface area contributed by atoms with Gasteiger partial charge in [0.2, 0.25) is 5.91 Å². The topological polar surface area (TPSA) is 35.6 Å². The summed E-state index contributed by atoms with van der Waals surface area (Å²) in [7, 11) is 0. The van der Waals surface area contributed by atoms with Crippen molar-refractivity contribution in [2.45, 2.75) is 27.2 Å². The number of amides is 1. The zero-order valence-electron chi connectivity index (χ0n) is 13.5. The zero-order valence-corrected chi connectivity index (χ0v) is 13.5. The molecule has 1 fully saturated rings. The summed E-state index contributed by atoms with van der Waals surface area (Å²) in [6, 6.07) is 6.15. The minimum Gasteiger partial charge on any atom is -0.326 e. The van der Waals surface area contributed by atoms with Gasteiger partial charge in [-0.15, -0.1) is 0 Å². The molecule has 0 bridgehead atoms. The molecule has 4 nitrogen and oxygen atoms in total. The minimum absolute atomic E-state index is 0.109. The minimum atomic E-state index is 0.109. The smallest absolute Gasteiger partial charge is 0.225 e. The number of rotatable bonds is 5. The van der Waals surface area contributed by atoms with Crippen molar-refractivity contribution in [3.8, 4) is 0 Å². The second-order valence-corrected chi connectivity index (χ2v) is 5.95. The van der Waals surface area contributed by atoms with Crippen LogP contribution in [0.5, 0.6) is 0 Å². The summed E-state index contributed by atoms with van der Waals surface area (Å²) in [5.74, 6) is 0.109. The summed E-state index contributed by atoms with van der Waals surface area (Å²) in [5.41, 5.74) is 3.27. The fraction of sp³-hybridized carbons (Fsp3) is 0.588. The van der Waals surface area contributed by atoms with Gasteiger partial charge in [0, 0.05) is 44.8 Å². The Balaban J connectivity index is 1.75. The van der Waals surface area contributed by atoms with E-state index >= 15 is 0 Å². The third kappa shape index (κ3) is 5.14. The summed E-state index contributed by atoms with van der Waals surface area (Å²) in [4.78, 5) is 16.9. The van der Waals surface area contributed by atoms with Crippen molar-refractivity contribution in [1.82, 2.24) is 9.80 Å². The fourth-order valence-corrected chi connectivity index (χ4v) is 2.86. The number of piperazine rings is 1. The normalized spacial score (nSPS) is 16.9. The van der Waals surface area contributed by atoms with Gasteiger partial charge in [-0.1, -0.05) is 13.0 Å². The van der Waals surface area contributed by atoms with E-state index in [2.05, 4.69) is 42.0 Å². The standard InChI is InChI=1S/C17H27N3O/c1-4-19-7-9-20(10-8-19)6-5-17(21)18-16-12-14(2)11-15(3)13-16/h11-13H,4-10H2,1-3H3,(H,18,21). The first kappa shape index (κ1) is 16.0. The number of hydrogen-bond donors (Lipinski definition) is 1. The number of nitrogens with zero attached hydrogens (tertiary/aromatic N) is 2. The fourth-order valence-electron chi connectivity index (χ4n) is 2.86. The lowest BCUT2D eigenvalue weighted by Gasteiger charge is -2.33. The average Bonchev–Trinajstić information content (AvgIpc) is 2.44. The van der Waals surface area contributed by atoms with Crippen molar-refractivity contribution in [2.24, 2.45) is 0 Å². The van der Waals surface area contributed by atoms with Crippen molar-refractivity contribution < 1.29 is 4.79 Å². The molecule has 0 saturated carbocycles. The van der Waals surface area contributed by atoms with Gasteiger partial charge in [0.15, 0.2) is 0 Å². The number of benzene rings is 1. The van der Waals surface area contributed by atoms with Crippen LogP contribution in [-0.4, -0.2) is 55.0 Å². The van der Waals surface area contributed by atoms with Crippen LogP contribution in [0.3, 0.4) is 0 Å². The average molecular weight is 289 g/mol. The van der Waals surface area contributed by atoms with Crippen molar-refractivity contribution >= 4 is 11.6 Å². The number of carbonyl (C=O) groups excluding carboxylic acids is 1. The van der Waals surface area contributed by atoms with Crippen molar-refractivity contribution in [2.75, 3.05) is 44.6 Å². The lowest BCUT2D eigenvalue weighted by Crippen LogP contribution is -2.46. The SMILES string of the molecule is CCN1CCN(CCC(=O)Nc2cc(C)cc(C)c2)CC1. The lowest BCUT2D eigenvalue weighted by molar-refractivity contribution is -0.116. The van der Waals surface area contributed by atoms with Crippen LogP contribution in [0, 0.1) is 13.8 Å². The molecule has 21 heavy (non-hydrogen) atoms. The van der Waals surface area contributed by atoms with Crippen molar-refractivity contribution in [3.63, 3.8) is 0 Å². The van der Waals surface area contributed by atoms with Gasteiger partial charge < -0.3 is 15.1 Å². The number of carbonyl (C=O) groups is 1. The number of anilines is 1. The van der Waals surface area contributed by atoms with Crippen LogP contribution in [0.4, 0.5) is 5.69 Å². The number of hydrogen-bond acceptors (Lipinski definition) is 3. The molecule has 0 radical (unpaired) electrons. The van der Waals surface area contributed by atoms with Gasteiger partial charge in [-0.05, 0) is 43.7 Å². The van der Waals surface area contributed by atoms with E-state index in [0.717, 1.165) is 45.0 Å². The molecule has 1 amide bonds. The van der Waals surface area contributed by atoms with E-state index in [1.165, 1.54) is 11.1 Å². The molecule has 0 unspecified atom stereocenters. The maximum Gasteiger partial charge on any atom is 0.225 e. The molecule has 1 N–H and O–H groups in total. The summed E-state index contributed by atoms with van der Waals surface area (Å²) in [6.45, 7) is 12.7. The quantitative estimate of drug-likeness (QED) is 0.903. The molecule has 1 aliphatic heterocycles. The molecule has 0 spiro atoms. The molecule has 1 aromatic carbocycles. The van der Waals surface area contributed by atoms with Gasteiger partial charge in [-0.3, -0.25) is 4.79 Å². The maximum atomic E-state index is 12.1. The van der Waals surface area contributed by atoms with Gasteiger partial charge in [-0.2, -0.15) is 0 Å². The lowest BCUT2D eigenvalue weighted by atomic mass is 10.1. The highest BCUT2D eigenvalue weighted by molar-refractivity contribution is 5.91. The number of nitrogens with one attached hydrogen (secondary N) is 1. The largest absolute Gasteiger partial charge is 0.326 e. The second kappa shape index (κ2) is 7.57. The molecule has 0 aromatic heterocycles. The van der Waals surface area contributed by atoms with Crippen molar-refractivity contribution in [1.29, 1.82) is 0 Å². The zero-order chi connectivity index (χ0) is 15.2. The highest BCUT2D eigenvalue weighted by Gasteiger charge is 2.16. The molecule has 1 aromatic rings. The summed E-state index contributed by atoms with van der Waals surface area (Å²) in [6.07, 6.45) is 0.569. The molecule has 116 valence electrons. The van der Waals surface area contributed by atoms with E-state index in [-0.39, 0.29) is 5.91 Å². The number of aryl methyl sites for hydroxylation is 2. The van der Waals surface area contributed by atoms with E-state index in [1.807, 2.05) is 12.1 Å². The molecule has 1 aliphatic rings. The highest BCUT2D eigenvalue weighted by atomic mass is 16.1. The first-order valence-corrected chi connectivity index (χ1v) is 7.89. The molecule has 2 rings (SSSR count). The molecular formula is C17H27N3O. The number of likely N-dealkylation sites (N-methyl/N-ethyl adjacent to an activating group) is 1. The maximum absolute atomic E-state index is 12.1. The third-order valence-corrected chi connectivity index (χ3v) is 4.07. The first-order chi connectivity index (χ1) is 10.1. The summed E-state index contributed by atoms with van der Waals surface area (Å²) < 4.78 is 0. The van der Waals surface area contributed by atoms with Crippen LogP contribution in [0.1, 0.15) is 24.5 Å². The molecule has 1 saturated heterocycles. The van der Waals surface area contributed by atoms with Crippen LogP contribution in [0.15, 0.2) is 18.2 Å². The van der Waals surface area contributed by atoms with E-state index in [0.29, 0.717) is 6.42 Å². The third-order valence-electron chi connectivity index (χ3n) is 4.07. The summed E-state index contributed by atoms with van der Waals surface area (Å²) in [5, 5.41) is 3.01. The van der Waals surface area contributed by atoms with Crippen LogP contribution in [0.2, 0.25) is 0 Å². The Morgan fingerprint density at radius 2 is 1.62 bits per heavy atom. The van der Waals surface area contributed by atoms with Gasteiger partial charge in [0.05, 0.1) is 0 Å². The molecule has 4 heteroatoms. The Kier molecular flexibility index (Phi) is 5.76. The Labute approximate surface area is 128 Å². The van der Waals surface area contributed by atoms with Gasteiger partial charge >= 0.3 is 0 Å². The highest BCUT2D eigenvalue weighted by Crippen LogP contribution is 2.14. The predicted molar refractivity (Wildman–Crippen MR) is 87.7 cm³/mol. The Morgan fingerprint density at radius 3 is 2.19 bits per heavy atom. The Bertz CT molecular complexity index is 459. The first-order valence-electron chi connectivity index (χ1n) is 7.89. The van der Waals surface area contributed by atoms with E-state index < -0.39 is 0 Å². The van der Waals surface area contributed by atoms with Gasteiger partial charge in [0.25, 0.3) is 0 Å². The molecule has 1 heterocycles. The van der Waals surface area contributed by atoms with E-state index in [9.17, 15) is 4.79 Å². The predicted octanol–water partition coefficient (Wildman–Crippen LogP) is 2.27. The van der Waals surface area contributed by atoms with Crippen LogP contribution >= 0.6 is 0 Å². The van der Waals surface area contributed by atoms with Crippen LogP contribution < -0.4 is 5.32 Å². The monoisotopic (exact) mass is 289 g/mol. The molecule has 0 aliphatic carbocycles. The Morgan fingerprint density at radius 1 is 1.05 bits per heavy atom. The van der Waals surface area contributed by atoms with E-state index in [1.54, 1.807) is 0 Å².